The van der Waals surface area contributed by atoms with E-state index >= 15 is 0 Å². The van der Waals surface area contributed by atoms with Gasteiger partial charge in [0.15, 0.2) is 6.61 Å². The third-order valence-corrected chi connectivity index (χ3v) is 4.81. The first-order valence-electron chi connectivity index (χ1n) is 10.1. The number of halogens is 1. The Balaban J connectivity index is 1.64. The Morgan fingerprint density at radius 1 is 1.11 bits per heavy atom. The molecule has 4 rings (SSSR count). The molecule has 0 spiro atoms. The molecule has 0 radical (unpaired) electrons. The summed E-state index contributed by atoms with van der Waals surface area (Å²) in [7, 11) is 0. The Bertz CT molecular complexity index is 1590. The van der Waals surface area contributed by atoms with Crippen molar-refractivity contribution < 1.29 is 18.8 Å². The molecule has 0 saturated carbocycles. The molecule has 1 aromatic heterocycles. The first-order chi connectivity index (χ1) is 16.8. The topological polar surface area (TPSA) is 149 Å². The van der Waals surface area contributed by atoms with Crippen LogP contribution in [0.15, 0.2) is 81.4 Å². The molecule has 0 aliphatic carbocycles. The summed E-state index contributed by atoms with van der Waals surface area (Å²) in [6.45, 7) is -0.684. The Labute approximate surface area is 195 Å². The van der Waals surface area contributed by atoms with E-state index in [1.165, 1.54) is 36.4 Å². The van der Waals surface area contributed by atoms with Crippen molar-refractivity contribution in [2.24, 2.45) is 5.10 Å². The lowest BCUT2D eigenvalue weighted by atomic mass is 10.2. The predicted molar refractivity (Wildman–Crippen MR) is 125 cm³/mol. The van der Waals surface area contributed by atoms with E-state index in [2.05, 4.69) is 15.4 Å². The number of aromatic nitrogens is 2. The molecule has 0 bridgehead atoms. The number of fused-ring (bicyclic) bond motifs is 1. The molecule has 2 N–H and O–H groups in total. The molecular weight excluding hydrogens is 461 g/mol. The van der Waals surface area contributed by atoms with Crippen LogP contribution in [0.5, 0.6) is 5.75 Å². The van der Waals surface area contributed by atoms with E-state index in [4.69, 9.17) is 4.74 Å². The normalized spacial score (nSPS) is 11.0. The van der Waals surface area contributed by atoms with Crippen LogP contribution in [0.3, 0.4) is 0 Å². The summed E-state index contributed by atoms with van der Waals surface area (Å²) in [6.07, 6.45) is 1.03. The van der Waals surface area contributed by atoms with Gasteiger partial charge in [0, 0.05) is 11.6 Å². The number of H-pyrrole nitrogens is 1. The van der Waals surface area contributed by atoms with Crippen LogP contribution in [-0.2, 0) is 4.79 Å². The number of aromatic amines is 1. The maximum absolute atomic E-state index is 13.8. The quantitative estimate of drug-likeness (QED) is 0.237. The predicted octanol–water partition coefficient (Wildman–Crippen LogP) is 2.64. The van der Waals surface area contributed by atoms with Crippen LogP contribution in [-0.4, -0.2) is 33.3 Å². The Morgan fingerprint density at radius 3 is 2.63 bits per heavy atom. The number of ether oxygens (including phenoxy) is 1. The van der Waals surface area contributed by atoms with Gasteiger partial charge in [-0.15, -0.1) is 4.68 Å². The van der Waals surface area contributed by atoms with Crippen molar-refractivity contribution in [3.05, 3.63) is 109 Å². The SMILES string of the molecule is O=C(COc1c(C=Nn2c(=O)[nH]c3ccccc3c2=O)cccc1[N+](=O)[O-])Nc1ccccc1F. The van der Waals surface area contributed by atoms with Crippen LogP contribution in [0, 0.1) is 15.9 Å². The molecule has 1 heterocycles. The number of anilines is 1. The van der Waals surface area contributed by atoms with E-state index in [1.807, 2.05) is 0 Å². The lowest BCUT2D eigenvalue weighted by Crippen LogP contribution is -2.32. The third-order valence-electron chi connectivity index (χ3n) is 4.81. The first kappa shape index (κ1) is 23.0. The van der Waals surface area contributed by atoms with Crippen molar-refractivity contribution in [3.63, 3.8) is 0 Å². The minimum absolute atomic E-state index is 0.0253. The molecule has 3 aromatic carbocycles. The van der Waals surface area contributed by atoms with Crippen LogP contribution in [0.1, 0.15) is 5.56 Å². The van der Waals surface area contributed by atoms with Crippen LogP contribution >= 0.6 is 0 Å². The number of para-hydroxylation sites is 3. The summed E-state index contributed by atoms with van der Waals surface area (Å²) < 4.78 is 19.7. The fourth-order valence-electron chi connectivity index (χ4n) is 3.21. The molecule has 4 aromatic rings. The summed E-state index contributed by atoms with van der Waals surface area (Å²) in [5.74, 6) is -1.75. The summed E-state index contributed by atoms with van der Waals surface area (Å²) >= 11 is 0. The summed E-state index contributed by atoms with van der Waals surface area (Å²) in [5.41, 5.74) is -1.72. The van der Waals surface area contributed by atoms with Gasteiger partial charge >= 0.3 is 11.4 Å². The number of nitrogens with one attached hydrogen (secondary N) is 2. The fraction of sp³-hybridized carbons (Fsp3) is 0.0435. The number of nitrogens with zero attached hydrogens (tertiary/aromatic N) is 3. The van der Waals surface area contributed by atoms with Gasteiger partial charge in [-0.2, -0.15) is 5.10 Å². The second-order valence-electron chi connectivity index (χ2n) is 7.11. The number of carbonyl (C=O) groups is 1. The highest BCUT2D eigenvalue weighted by atomic mass is 19.1. The first-order valence-corrected chi connectivity index (χ1v) is 10.1. The van der Waals surface area contributed by atoms with Crippen LogP contribution < -0.4 is 21.3 Å². The molecule has 0 fully saturated rings. The molecule has 0 aliphatic heterocycles. The Morgan fingerprint density at radius 2 is 1.86 bits per heavy atom. The number of rotatable bonds is 7. The van der Waals surface area contributed by atoms with E-state index in [0.717, 1.165) is 18.3 Å². The largest absolute Gasteiger partial charge is 0.476 e. The number of hydrogen-bond acceptors (Lipinski definition) is 7. The van der Waals surface area contributed by atoms with Crippen LogP contribution in [0.25, 0.3) is 10.9 Å². The number of hydrogen-bond donors (Lipinski definition) is 2. The average molecular weight is 477 g/mol. The molecule has 0 aliphatic rings. The van der Waals surface area contributed by atoms with Gasteiger partial charge in [0.05, 0.1) is 27.7 Å². The zero-order valence-electron chi connectivity index (χ0n) is 17.8. The summed E-state index contributed by atoms with van der Waals surface area (Å²) in [4.78, 5) is 50.5. The van der Waals surface area contributed by atoms with E-state index in [-0.39, 0.29) is 22.4 Å². The smallest absolute Gasteiger partial charge is 0.349 e. The third kappa shape index (κ3) is 4.95. The Hall–Kier alpha value is -5.13. The number of amides is 1. The van der Waals surface area contributed by atoms with Gasteiger partial charge in [0.2, 0.25) is 5.75 Å². The molecule has 11 nitrogen and oxygen atoms in total. The average Bonchev–Trinajstić information content (AvgIpc) is 2.84. The maximum atomic E-state index is 13.8. The van der Waals surface area contributed by atoms with Crippen molar-refractivity contribution in [3.8, 4) is 5.75 Å². The lowest BCUT2D eigenvalue weighted by molar-refractivity contribution is -0.385. The van der Waals surface area contributed by atoms with Gasteiger partial charge in [-0.05, 0) is 30.3 Å². The van der Waals surface area contributed by atoms with E-state index in [9.17, 15) is 28.9 Å². The van der Waals surface area contributed by atoms with Crippen molar-refractivity contribution in [2.45, 2.75) is 0 Å². The zero-order chi connectivity index (χ0) is 24.9. The lowest BCUT2D eigenvalue weighted by Gasteiger charge is -2.10. The van der Waals surface area contributed by atoms with Gasteiger partial charge in [-0.1, -0.05) is 30.3 Å². The fourth-order valence-corrected chi connectivity index (χ4v) is 3.21. The molecule has 0 unspecified atom stereocenters. The van der Waals surface area contributed by atoms with E-state index in [1.54, 1.807) is 18.2 Å². The van der Waals surface area contributed by atoms with Crippen molar-refractivity contribution in [1.29, 1.82) is 0 Å². The van der Waals surface area contributed by atoms with Gasteiger partial charge in [0.1, 0.15) is 5.82 Å². The molecular formula is C23H16FN5O6. The van der Waals surface area contributed by atoms with Crippen molar-refractivity contribution >= 4 is 34.4 Å². The molecule has 1 amide bonds. The summed E-state index contributed by atoms with van der Waals surface area (Å²) in [6, 6.07) is 15.7. The van der Waals surface area contributed by atoms with Crippen molar-refractivity contribution in [2.75, 3.05) is 11.9 Å². The highest BCUT2D eigenvalue weighted by Crippen LogP contribution is 2.30. The Kier molecular flexibility index (Phi) is 6.44. The minimum atomic E-state index is -0.817. The molecule has 0 atom stereocenters. The molecule has 12 heteroatoms. The maximum Gasteiger partial charge on any atom is 0.349 e. The highest BCUT2D eigenvalue weighted by Gasteiger charge is 2.20. The number of carbonyl (C=O) groups excluding carboxylic acids is 1. The highest BCUT2D eigenvalue weighted by molar-refractivity contribution is 5.92. The van der Waals surface area contributed by atoms with Gasteiger partial charge in [0.25, 0.3) is 11.5 Å². The number of nitro benzene ring substituents is 1. The van der Waals surface area contributed by atoms with Crippen LogP contribution in [0.2, 0.25) is 0 Å². The monoisotopic (exact) mass is 477 g/mol. The van der Waals surface area contributed by atoms with Gasteiger partial charge in [-0.3, -0.25) is 19.7 Å². The molecule has 176 valence electrons. The van der Waals surface area contributed by atoms with E-state index in [0.29, 0.717) is 10.2 Å². The van der Waals surface area contributed by atoms with Gasteiger partial charge in [-0.25, -0.2) is 9.18 Å². The zero-order valence-corrected chi connectivity index (χ0v) is 17.8. The van der Waals surface area contributed by atoms with Crippen LogP contribution in [0.4, 0.5) is 15.8 Å². The minimum Gasteiger partial charge on any atom is -0.476 e. The summed E-state index contributed by atoms with van der Waals surface area (Å²) in [5, 5.41) is 17.9. The van der Waals surface area contributed by atoms with Gasteiger partial charge < -0.3 is 15.0 Å². The molecule has 0 saturated heterocycles. The van der Waals surface area contributed by atoms with Crippen molar-refractivity contribution in [1.82, 2.24) is 9.66 Å². The number of nitro groups is 1. The second-order valence-corrected chi connectivity index (χ2v) is 7.11. The van der Waals surface area contributed by atoms with E-state index < -0.39 is 40.2 Å². The number of benzene rings is 3. The standard InChI is InChI=1S/C23H16FN5O6/c24-16-8-2-4-10-18(16)26-20(30)13-35-21-14(6-5-11-19(21)29(33)34)12-25-28-22(31)15-7-1-3-9-17(15)27-23(28)32/h1-12H,13H2,(H,26,30)(H,27,32). The second kappa shape index (κ2) is 9.79. The molecule has 35 heavy (non-hydrogen) atoms.